The number of primary amides is 1. The molecule has 0 aliphatic carbocycles. The minimum atomic E-state index is -3.78. The zero-order valence-corrected chi connectivity index (χ0v) is 13.8. The molecule has 0 aliphatic heterocycles. The van der Waals surface area contributed by atoms with Gasteiger partial charge >= 0.3 is 6.09 Å². The first-order valence-electron chi connectivity index (χ1n) is 6.18. The molecule has 1 aromatic heterocycles. The Hall–Kier alpha value is -1.39. The fourth-order valence-electron chi connectivity index (χ4n) is 1.41. The average Bonchev–Trinajstić information content (AvgIpc) is 2.42. The Bertz CT molecular complexity index is 594. The molecule has 0 unspecified atom stereocenters. The summed E-state index contributed by atoms with van der Waals surface area (Å²) in [6.07, 6.45) is 1.38. The number of nitrogens with two attached hydrogens (primary N) is 1. The number of carbonyl (C=O) groups excluding carboxylic acids is 1. The Labute approximate surface area is 131 Å². The van der Waals surface area contributed by atoms with E-state index in [1.54, 1.807) is 0 Å². The molecule has 1 amide bonds. The number of anilines is 1. The molecule has 118 valence electrons. The molecule has 0 aliphatic rings. The quantitative estimate of drug-likeness (QED) is 0.578. The van der Waals surface area contributed by atoms with Gasteiger partial charge in [0.15, 0.2) is 0 Å². The maximum absolute atomic E-state index is 12.2. The average molecular weight is 381 g/mol. The van der Waals surface area contributed by atoms with Gasteiger partial charge in [0.2, 0.25) is 10.0 Å². The number of ether oxygens (including phenoxy) is 1. The molecule has 0 saturated heterocycles. The van der Waals surface area contributed by atoms with Gasteiger partial charge in [0.05, 0.1) is 0 Å². The topological polar surface area (TPSA) is 123 Å². The summed E-state index contributed by atoms with van der Waals surface area (Å²) in [5.41, 5.74) is 4.79. The number of hydrogen-bond donors (Lipinski definition) is 3. The Morgan fingerprint density at radius 3 is 2.81 bits per heavy atom. The molecule has 1 heterocycles. The van der Waals surface area contributed by atoms with E-state index in [2.05, 4.69) is 35.7 Å². The number of nitrogens with zero attached hydrogens (tertiary/aromatic N) is 1. The van der Waals surface area contributed by atoms with E-state index in [9.17, 15) is 13.2 Å². The molecular formula is C11H17BrN4O4S. The molecule has 0 fully saturated rings. The number of rotatable bonds is 8. The highest BCUT2D eigenvalue weighted by molar-refractivity contribution is 9.10. The number of pyridine rings is 1. The van der Waals surface area contributed by atoms with Crippen LogP contribution in [-0.4, -0.2) is 39.2 Å². The second kappa shape index (κ2) is 8.15. The zero-order chi connectivity index (χ0) is 15.9. The molecule has 0 bridgehead atoms. The first-order valence-corrected chi connectivity index (χ1v) is 8.45. The van der Waals surface area contributed by atoms with Crippen LogP contribution in [0.4, 0.5) is 10.6 Å². The molecular weight excluding hydrogens is 364 g/mol. The highest BCUT2D eigenvalue weighted by Crippen LogP contribution is 2.22. The molecule has 1 rings (SSSR count). The van der Waals surface area contributed by atoms with Crippen molar-refractivity contribution in [2.24, 2.45) is 5.73 Å². The summed E-state index contributed by atoms with van der Waals surface area (Å²) in [6.45, 7) is 2.33. The minimum Gasteiger partial charge on any atom is -0.448 e. The Morgan fingerprint density at radius 2 is 2.19 bits per heavy atom. The van der Waals surface area contributed by atoms with Crippen molar-refractivity contribution in [2.45, 2.75) is 18.2 Å². The second-order valence-corrected chi connectivity index (χ2v) is 6.64. The maximum atomic E-state index is 12.2. The maximum Gasteiger partial charge on any atom is 0.404 e. The standard InChI is InChI=1S/C11H17BrN4O4S/c1-2-3-14-10-9(6-8(12)7-15-10)21(18,19)16-4-5-20-11(13)17/h6-7,16H,2-5H2,1H3,(H2,13,17)(H,14,15). The van der Waals surface area contributed by atoms with Crippen LogP contribution in [0.3, 0.4) is 0 Å². The highest BCUT2D eigenvalue weighted by atomic mass is 79.9. The van der Waals surface area contributed by atoms with Crippen molar-refractivity contribution in [3.8, 4) is 0 Å². The normalized spacial score (nSPS) is 11.1. The van der Waals surface area contributed by atoms with Gasteiger partial charge in [-0.2, -0.15) is 0 Å². The third kappa shape index (κ3) is 5.86. The number of halogens is 1. The van der Waals surface area contributed by atoms with Crippen LogP contribution in [0.25, 0.3) is 0 Å². The van der Waals surface area contributed by atoms with Crippen LogP contribution in [0.15, 0.2) is 21.6 Å². The minimum absolute atomic E-state index is 0.0180. The fraction of sp³-hybridized carbons (Fsp3) is 0.455. The number of aromatic nitrogens is 1. The number of hydrogen-bond acceptors (Lipinski definition) is 6. The smallest absolute Gasteiger partial charge is 0.404 e. The van der Waals surface area contributed by atoms with E-state index in [1.165, 1.54) is 12.3 Å². The first kappa shape index (κ1) is 17.7. The van der Waals surface area contributed by atoms with Crippen LogP contribution in [0.2, 0.25) is 0 Å². The molecule has 0 saturated carbocycles. The van der Waals surface area contributed by atoms with Crippen molar-refractivity contribution in [3.63, 3.8) is 0 Å². The number of nitrogens with one attached hydrogen (secondary N) is 2. The van der Waals surface area contributed by atoms with Crippen molar-refractivity contribution in [1.82, 2.24) is 9.71 Å². The van der Waals surface area contributed by atoms with Gasteiger partial charge in [0, 0.05) is 23.8 Å². The summed E-state index contributed by atoms with van der Waals surface area (Å²) in [7, 11) is -3.78. The van der Waals surface area contributed by atoms with E-state index in [4.69, 9.17) is 5.73 Å². The molecule has 1 aromatic rings. The predicted octanol–water partition coefficient (Wildman–Crippen LogP) is 1.04. The van der Waals surface area contributed by atoms with Gasteiger partial charge in [0.1, 0.15) is 17.3 Å². The van der Waals surface area contributed by atoms with Crippen LogP contribution < -0.4 is 15.8 Å². The largest absolute Gasteiger partial charge is 0.448 e. The molecule has 4 N–H and O–H groups in total. The van der Waals surface area contributed by atoms with Gasteiger partial charge < -0.3 is 15.8 Å². The van der Waals surface area contributed by atoms with E-state index in [0.29, 0.717) is 11.0 Å². The van der Waals surface area contributed by atoms with Gasteiger partial charge in [0.25, 0.3) is 0 Å². The van der Waals surface area contributed by atoms with Gasteiger partial charge in [-0.3, -0.25) is 0 Å². The summed E-state index contributed by atoms with van der Waals surface area (Å²) < 4.78 is 31.8. The lowest BCUT2D eigenvalue weighted by molar-refractivity contribution is 0.159. The third-order valence-corrected chi connectivity index (χ3v) is 4.20. The second-order valence-electron chi connectivity index (χ2n) is 3.99. The van der Waals surface area contributed by atoms with E-state index >= 15 is 0 Å². The number of amides is 1. The summed E-state index contributed by atoms with van der Waals surface area (Å²) in [5.74, 6) is 0.267. The van der Waals surface area contributed by atoms with Crippen LogP contribution in [0.5, 0.6) is 0 Å². The van der Waals surface area contributed by atoms with E-state index in [-0.39, 0.29) is 23.9 Å². The van der Waals surface area contributed by atoms with Gasteiger partial charge in [-0.05, 0) is 28.4 Å². The van der Waals surface area contributed by atoms with Crippen molar-refractivity contribution in [2.75, 3.05) is 25.0 Å². The molecule has 0 radical (unpaired) electrons. The van der Waals surface area contributed by atoms with Gasteiger partial charge in [-0.25, -0.2) is 22.9 Å². The number of sulfonamides is 1. The van der Waals surface area contributed by atoms with Crippen LogP contribution in [0.1, 0.15) is 13.3 Å². The molecule has 21 heavy (non-hydrogen) atoms. The Balaban J connectivity index is 2.85. The molecule has 8 nitrogen and oxygen atoms in total. The predicted molar refractivity (Wildman–Crippen MR) is 81.4 cm³/mol. The third-order valence-electron chi connectivity index (χ3n) is 2.29. The summed E-state index contributed by atoms with van der Waals surface area (Å²) in [4.78, 5) is 14.5. The fourth-order valence-corrected chi connectivity index (χ4v) is 3.06. The lowest BCUT2D eigenvalue weighted by Crippen LogP contribution is -2.30. The van der Waals surface area contributed by atoms with Gasteiger partial charge in [-0.15, -0.1) is 0 Å². The van der Waals surface area contributed by atoms with E-state index in [0.717, 1.165) is 6.42 Å². The number of carbonyl (C=O) groups is 1. The summed E-state index contributed by atoms with van der Waals surface area (Å²) >= 11 is 3.19. The highest BCUT2D eigenvalue weighted by Gasteiger charge is 2.20. The Kier molecular flexibility index (Phi) is 6.85. The van der Waals surface area contributed by atoms with Crippen LogP contribution >= 0.6 is 15.9 Å². The van der Waals surface area contributed by atoms with Crippen molar-refractivity contribution >= 4 is 37.9 Å². The molecule has 0 atom stereocenters. The SMILES string of the molecule is CCCNc1ncc(Br)cc1S(=O)(=O)NCCOC(N)=O. The Morgan fingerprint density at radius 1 is 1.48 bits per heavy atom. The molecule has 10 heteroatoms. The summed E-state index contributed by atoms with van der Waals surface area (Å²) in [6, 6.07) is 1.45. The monoisotopic (exact) mass is 380 g/mol. The molecule has 0 spiro atoms. The van der Waals surface area contributed by atoms with Gasteiger partial charge in [-0.1, -0.05) is 6.92 Å². The first-order chi connectivity index (χ1) is 9.86. The molecule has 0 aromatic carbocycles. The summed E-state index contributed by atoms with van der Waals surface area (Å²) in [5, 5.41) is 2.95. The van der Waals surface area contributed by atoms with Crippen LogP contribution in [-0.2, 0) is 14.8 Å². The lowest BCUT2D eigenvalue weighted by atomic mass is 10.4. The van der Waals surface area contributed by atoms with Crippen molar-refractivity contribution < 1.29 is 17.9 Å². The zero-order valence-electron chi connectivity index (χ0n) is 11.4. The van der Waals surface area contributed by atoms with E-state index in [1.807, 2.05) is 6.92 Å². The lowest BCUT2D eigenvalue weighted by Gasteiger charge is -2.12. The van der Waals surface area contributed by atoms with E-state index < -0.39 is 16.1 Å². The van der Waals surface area contributed by atoms with Crippen LogP contribution in [0, 0.1) is 0 Å². The van der Waals surface area contributed by atoms with Crippen molar-refractivity contribution in [3.05, 3.63) is 16.7 Å². The van der Waals surface area contributed by atoms with Crippen molar-refractivity contribution in [1.29, 1.82) is 0 Å².